The van der Waals surface area contributed by atoms with E-state index in [0.29, 0.717) is 12.4 Å². The highest BCUT2D eigenvalue weighted by Crippen LogP contribution is 2.13. The highest BCUT2D eigenvalue weighted by atomic mass is 32.1. The van der Waals surface area contributed by atoms with Crippen LogP contribution >= 0.6 is 12.6 Å². The van der Waals surface area contributed by atoms with Crippen LogP contribution in [0, 0.1) is 5.92 Å². The summed E-state index contributed by atoms with van der Waals surface area (Å²) in [5, 5.41) is 0. The van der Waals surface area contributed by atoms with Crippen molar-refractivity contribution < 1.29 is 9.53 Å². The highest BCUT2D eigenvalue weighted by Gasteiger charge is 2.32. The minimum atomic E-state index is -0.442. The lowest BCUT2D eigenvalue weighted by Gasteiger charge is -2.03. The second-order valence-electron chi connectivity index (χ2n) is 2.10. The number of carbonyl (C=O) groups is 1. The second kappa shape index (κ2) is 2.58. The number of rotatable bonds is 1. The SMILES string of the molecule is N[C@@H]1C(=O)OC[C@H]1CS. The van der Waals surface area contributed by atoms with Crippen molar-refractivity contribution in [3.8, 4) is 0 Å². The standard InChI is InChI=1S/C5H9NO2S/c6-4-3(2-9)1-8-5(4)7/h3-4,9H,1-2,6H2/t3-,4-/m0/s1. The number of hydrogen-bond acceptors (Lipinski definition) is 4. The normalized spacial score (nSPS) is 34.7. The molecule has 2 N–H and O–H groups in total. The third kappa shape index (κ3) is 1.19. The number of carbonyl (C=O) groups excluding carboxylic acids is 1. The minimum Gasteiger partial charge on any atom is -0.464 e. The van der Waals surface area contributed by atoms with Gasteiger partial charge in [-0.2, -0.15) is 12.6 Å². The zero-order chi connectivity index (χ0) is 6.85. The molecule has 0 aromatic carbocycles. The van der Waals surface area contributed by atoms with E-state index in [2.05, 4.69) is 17.4 Å². The van der Waals surface area contributed by atoms with Gasteiger partial charge in [0.15, 0.2) is 0 Å². The highest BCUT2D eigenvalue weighted by molar-refractivity contribution is 7.80. The van der Waals surface area contributed by atoms with E-state index in [4.69, 9.17) is 5.73 Å². The largest absolute Gasteiger partial charge is 0.464 e. The zero-order valence-electron chi connectivity index (χ0n) is 4.91. The van der Waals surface area contributed by atoms with E-state index in [1.807, 2.05) is 0 Å². The summed E-state index contributed by atoms with van der Waals surface area (Å²) in [4.78, 5) is 10.6. The van der Waals surface area contributed by atoms with Crippen LogP contribution in [0.3, 0.4) is 0 Å². The average Bonchev–Trinajstić information content (AvgIpc) is 2.15. The van der Waals surface area contributed by atoms with Crippen molar-refractivity contribution in [1.29, 1.82) is 0 Å². The zero-order valence-corrected chi connectivity index (χ0v) is 5.80. The van der Waals surface area contributed by atoms with Crippen LogP contribution in [-0.4, -0.2) is 24.4 Å². The predicted octanol–water partition coefficient (Wildman–Crippen LogP) is -0.583. The van der Waals surface area contributed by atoms with Crippen LogP contribution in [0.4, 0.5) is 0 Å². The number of ether oxygens (including phenoxy) is 1. The molecule has 0 aromatic heterocycles. The molecule has 1 rings (SSSR count). The van der Waals surface area contributed by atoms with E-state index in [0.717, 1.165) is 0 Å². The Morgan fingerprint density at radius 2 is 2.56 bits per heavy atom. The van der Waals surface area contributed by atoms with E-state index in [-0.39, 0.29) is 11.9 Å². The van der Waals surface area contributed by atoms with E-state index in [9.17, 15) is 4.79 Å². The van der Waals surface area contributed by atoms with Crippen LogP contribution in [0.25, 0.3) is 0 Å². The molecular formula is C5H9NO2S. The summed E-state index contributed by atoms with van der Waals surface area (Å²) in [6, 6.07) is -0.442. The molecule has 2 atom stereocenters. The Labute approximate surface area is 59.0 Å². The van der Waals surface area contributed by atoms with Crippen LogP contribution in [0.2, 0.25) is 0 Å². The van der Waals surface area contributed by atoms with Crippen LogP contribution in [0.15, 0.2) is 0 Å². The molecule has 1 aliphatic heterocycles. The fourth-order valence-corrected chi connectivity index (χ4v) is 1.08. The number of cyclic esters (lactones) is 1. The molecule has 0 radical (unpaired) electrons. The Hall–Kier alpha value is -0.220. The van der Waals surface area contributed by atoms with Gasteiger partial charge in [-0.3, -0.25) is 4.79 Å². The Morgan fingerprint density at radius 3 is 2.78 bits per heavy atom. The van der Waals surface area contributed by atoms with E-state index in [1.165, 1.54) is 0 Å². The first-order valence-electron chi connectivity index (χ1n) is 2.78. The molecule has 1 heterocycles. The van der Waals surface area contributed by atoms with Gasteiger partial charge >= 0.3 is 5.97 Å². The van der Waals surface area contributed by atoms with E-state index in [1.54, 1.807) is 0 Å². The van der Waals surface area contributed by atoms with Crippen LogP contribution < -0.4 is 5.73 Å². The first-order valence-corrected chi connectivity index (χ1v) is 3.42. The first kappa shape index (κ1) is 6.89. The molecule has 1 aliphatic rings. The molecule has 3 nitrogen and oxygen atoms in total. The van der Waals surface area contributed by atoms with Crippen LogP contribution in [0.5, 0.6) is 0 Å². The Bertz CT molecular complexity index is 128. The van der Waals surface area contributed by atoms with Gasteiger partial charge < -0.3 is 10.5 Å². The van der Waals surface area contributed by atoms with Gasteiger partial charge in [0, 0.05) is 5.92 Å². The van der Waals surface area contributed by atoms with Gasteiger partial charge in [-0.1, -0.05) is 0 Å². The molecule has 0 saturated carbocycles. The molecule has 0 amide bonds. The molecular weight excluding hydrogens is 138 g/mol. The van der Waals surface area contributed by atoms with Crippen molar-refractivity contribution in [1.82, 2.24) is 0 Å². The number of nitrogens with two attached hydrogens (primary N) is 1. The summed E-state index contributed by atoms with van der Waals surface area (Å²) in [5.74, 6) is 0.433. The smallest absolute Gasteiger partial charge is 0.323 e. The molecule has 0 aliphatic carbocycles. The molecule has 1 fully saturated rings. The molecule has 0 aromatic rings. The van der Waals surface area contributed by atoms with Crippen LogP contribution in [-0.2, 0) is 9.53 Å². The van der Waals surface area contributed by atoms with Gasteiger partial charge in [-0.25, -0.2) is 0 Å². The Balaban J connectivity index is 2.51. The molecule has 4 heteroatoms. The van der Waals surface area contributed by atoms with Crippen molar-refractivity contribution in [3.05, 3.63) is 0 Å². The van der Waals surface area contributed by atoms with Gasteiger partial charge in [-0.05, 0) is 5.75 Å². The average molecular weight is 147 g/mol. The van der Waals surface area contributed by atoms with Gasteiger partial charge in [0.1, 0.15) is 6.04 Å². The van der Waals surface area contributed by atoms with Gasteiger partial charge in [0.05, 0.1) is 6.61 Å². The summed E-state index contributed by atoms with van der Waals surface area (Å²) in [6.07, 6.45) is 0. The third-order valence-corrected chi connectivity index (χ3v) is 1.92. The van der Waals surface area contributed by atoms with Crippen molar-refractivity contribution in [2.45, 2.75) is 6.04 Å². The molecule has 52 valence electrons. The van der Waals surface area contributed by atoms with Gasteiger partial charge in [-0.15, -0.1) is 0 Å². The molecule has 0 spiro atoms. The maximum absolute atomic E-state index is 10.6. The number of esters is 1. The number of hydrogen-bond donors (Lipinski definition) is 2. The molecule has 0 bridgehead atoms. The molecule has 1 saturated heterocycles. The third-order valence-electron chi connectivity index (χ3n) is 1.45. The van der Waals surface area contributed by atoms with Crippen molar-refractivity contribution in [3.63, 3.8) is 0 Å². The summed E-state index contributed by atoms with van der Waals surface area (Å²) < 4.78 is 4.66. The topological polar surface area (TPSA) is 52.3 Å². The Morgan fingerprint density at radius 1 is 1.89 bits per heavy atom. The Kier molecular flexibility index (Phi) is 1.97. The lowest BCUT2D eigenvalue weighted by atomic mass is 10.1. The maximum atomic E-state index is 10.6. The lowest BCUT2D eigenvalue weighted by Crippen LogP contribution is -2.32. The first-order chi connectivity index (χ1) is 4.25. The van der Waals surface area contributed by atoms with E-state index < -0.39 is 6.04 Å². The fourth-order valence-electron chi connectivity index (χ4n) is 0.748. The summed E-state index contributed by atoms with van der Waals surface area (Å²) in [6.45, 7) is 0.434. The van der Waals surface area contributed by atoms with Crippen LogP contribution in [0.1, 0.15) is 0 Å². The predicted molar refractivity (Wildman–Crippen MR) is 36.3 cm³/mol. The van der Waals surface area contributed by atoms with Crippen molar-refractivity contribution >= 4 is 18.6 Å². The van der Waals surface area contributed by atoms with E-state index >= 15 is 0 Å². The molecule has 0 unspecified atom stereocenters. The van der Waals surface area contributed by atoms with Crippen molar-refractivity contribution in [2.75, 3.05) is 12.4 Å². The lowest BCUT2D eigenvalue weighted by molar-refractivity contribution is -0.139. The van der Waals surface area contributed by atoms with Gasteiger partial charge in [0.25, 0.3) is 0 Å². The van der Waals surface area contributed by atoms with Crippen molar-refractivity contribution in [2.24, 2.45) is 11.7 Å². The molecule has 9 heavy (non-hydrogen) atoms. The minimum absolute atomic E-state index is 0.112. The number of thiol groups is 1. The summed E-state index contributed by atoms with van der Waals surface area (Å²) in [7, 11) is 0. The summed E-state index contributed by atoms with van der Waals surface area (Å²) in [5.41, 5.74) is 5.41. The second-order valence-corrected chi connectivity index (χ2v) is 2.46. The summed E-state index contributed by atoms with van der Waals surface area (Å²) >= 11 is 4.00. The fraction of sp³-hybridized carbons (Fsp3) is 0.800. The maximum Gasteiger partial charge on any atom is 0.323 e. The van der Waals surface area contributed by atoms with Gasteiger partial charge in [0.2, 0.25) is 0 Å². The quantitative estimate of drug-likeness (QED) is 0.385. The monoisotopic (exact) mass is 147 g/mol.